The van der Waals surface area contributed by atoms with Crippen molar-refractivity contribution in [1.29, 1.82) is 0 Å². The lowest BCUT2D eigenvalue weighted by Gasteiger charge is -2.30. The highest BCUT2D eigenvalue weighted by molar-refractivity contribution is 5.79. The van der Waals surface area contributed by atoms with E-state index in [0.29, 0.717) is 5.78 Å². The van der Waals surface area contributed by atoms with Crippen molar-refractivity contribution in [2.75, 3.05) is 0 Å². The molecule has 96 valence electrons. The van der Waals surface area contributed by atoms with Gasteiger partial charge in [-0.15, -0.1) is 0 Å². The van der Waals surface area contributed by atoms with Gasteiger partial charge in [-0.05, 0) is 61.5 Å². The van der Waals surface area contributed by atoms with Crippen LogP contribution in [0.25, 0.3) is 0 Å². The first-order valence-electron chi connectivity index (χ1n) is 7.42. The second-order valence-corrected chi connectivity index (χ2v) is 6.01. The molecule has 1 fully saturated rings. The van der Waals surface area contributed by atoms with E-state index in [2.05, 4.69) is 24.3 Å². The highest BCUT2D eigenvalue weighted by Crippen LogP contribution is 2.39. The second kappa shape index (κ2) is 5.26. The van der Waals surface area contributed by atoms with Gasteiger partial charge in [0.25, 0.3) is 0 Å². The molecule has 0 spiro atoms. The summed E-state index contributed by atoms with van der Waals surface area (Å²) in [6, 6.07) is 8.97. The lowest BCUT2D eigenvalue weighted by atomic mass is 9.75. The Hall–Kier alpha value is -1.11. The molecule has 0 heterocycles. The van der Waals surface area contributed by atoms with Crippen LogP contribution in [0.1, 0.15) is 62.0 Å². The summed E-state index contributed by atoms with van der Waals surface area (Å²) in [6.07, 6.45) is 9.20. The monoisotopic (exact) mass is 242 g/mol. The van der Waals surface area contributed by atoms with Crippen LogP contribution < -0.4 is 0 Å². The maximum absolute atomic E-state index is 11.3. The summed E-state index contributed by atoms with van der Waals surface area (Å²) in [6.45, 7) is 0. The molecule has 0 N–H and O–H groups in total. The first-order chi connectivity index (χ1) is 8.83. The summed E-state index contributed by atoms with van der Waals surface area (Å²) in [7, 11) is 0. The molecule has 0 saturated heterocycles. The maximum atomic E-state index is 11.3. The fraction of sp³-hybridized carbons (Fsp3) is 0.588. The van der Waals surface area contributed by atoms with E-state index in [9.17, 15) is 4.79 Å². The number of benzene rings is 1. The molecule has 1 unspecified atom stereocenters. The van der Waals surface area contributed by atoms with Gasteiger partial charge in [0.2, 0.25) is 0 Å². The number of rotatable bonds is 2. The maximum Gasteiger partial charge on any atom is 0.132 e. The highest BCUT2D eigenvalue weighted by atomic mass is 16.1. The van der Waals surface area contributed by atoms with E-state index in [1.165, 1.54) is 25.7 Å². The molecule has 1 nitrogen and oxygen atoms in total. The van der Waals surface area contributed by atoms with Crippen LogP contribution >= 0.6 is 0 Å². The molecule has 0 bridgehead atoms. The predicted molar refractivity (Wildman–Crippen MR) is 73.7 cm³/mol. The van der Waals surface area contributed by atoms with Crippen LogP contribution in [-0.4, -0.2) is 5.78 Å². The Morgan fingerprint density at radius 3 is 2.61 bits per heavy atom. The molecular formula is C17H22O. The van der Waals surface area contributed by atoms with Gasteiger partial charge in [-0.25, -0.2) is 0 Å². The zero-order valence-electron chi connectivity index (χ0n) is 11.0. The summed E-state index contributed by atoms with van der Waals surface area (Å²) < 4.78 is 0. The van der Waals surface area contributed by atoms with Crippen molar-refractivity contribution in [2.45, 2.75) is 57.3 Å². The third kappa shape index (κ3) is 2.50. The van der Waals surface area contributed by atoms with Gasteiger partial charge >= 0.3 is 0 Å². The Balaban J connectivity index is 1.69. The Labute approximate surface area is 110 Å². The SMILES string of the molecule is O=C1CCC(CC2CCCc3ccccc32)CC1. The Morgan fingerprint density at radius 2 is 1.78 bits per heavy atom. The van der Waals surface area contributed by atoms with Crippen LogP contribution in [-0.2, 0) is 11.2 Å². The average molecular weight is 242 g/mol. The molecule has 3 rings (SSSR count). The molecule has 18 heavy (non-hydrogen) atoms. The molecule has 1 aromatic rings. The largest absolute Gasteiger partial charge is 0.300 e. The van der Waals surface area contributed by atoms with E-state index < -0.39 is 0 Å². The van der Waals surface area contributed by atoms with Crippen LogP contribution in [0.3, 0.4) is 0 Å². The minimum atomic E-state index is 0.482. The van der Waals surface area contributed by atoms with Crippen molar-refractivity contribution < 1.29 is 4.79 Å². The minimum Gasteiger partial charge on any atom is -0.300 e. The van der Waals surface area contributed by atoms with E-state index in [1.54, 1.807) is 11.1 Å². The normalized spacial score (nSPS) is 24.9. The standard InChI is InChI=1S/C17H22O/c18-16-10-8-13(9-11-16)12-15-6-3-5-14-4-1-2-7-17(14)15/h1-2,4,7,13,15H,3,5-6,8-12H2. The van der Waals surface area contributed by atoms with E-state index in [0.717, 1.165) is 37.5 Å². The minimum absolute atomic E-state index is 0.482. The first kappa shape index (κ1) is 12.0. The summed E-state index contributed by atoms with van der Waals surface area (Å²) >= 11 is 0. The molecule has 0 radical (unpaired) electrons. The van der Waals surface area contributed by atoms with Gasteiger partial charge in [-0.2, -0.15) is 0 Å². The number of ketones is 1. The lowest BCUT2D eigenvalue weighted by Crippen LogP contribution is -2.18. The van der Waals surface area contributed by atoms with Gasteiger partial charge in [0.15, 0.2) is 0 Å². The van der Waals surface area contributed by atoms with E-state index >= 15 is 0 Å². The number of Topliss-reactive ketones (excluding diaryl/α,β-unsaturated/α-hetero) is 1. The molecule has 1 atom stereocenters. The van der Waals surface area contributed by atoms with Crippen molar-refractivity contribution in [3.8, 4) is 0 Å². The van der Waals surface area contributed by atoms with Crippen molar-refractivity contribution in [2.24, 2.45) is 5.92 Å². The van der Waals surface area contributed by atoms with Crippen LogP contribution in [0, 0.1) is 5.92 Å². The topological polar surface area (TPSA) is 17.1 Å². The van der Waals surface area contributed by atoms with Crippen molar-refractivity contribution in [3.05, 3.63) is 35.4 Å². The molecule has 0 amide bonds. The number of hydrogen-bond acceptors (Lipinski definition) is 1. The van der Waals surface area contributed by atoms with E-state index in [1.807, 2.05) is 0 Å². The van der Waals surface area contributed by atoms with Gasteiger partial charge in [0.1, 0.15) is 5.78 Å². The Kier molecular flexibility index (Phi) is 3.49. The quantitative estimate of drug-likeness (QED) is 0.757. The van der Waals surface area contributed by atoms with Crippen LogP contribution in [0.4, 0.5) is 0 Å². The number of fused-ring (bicyclic) bond motifs is 1. The third-order valence-corrected chi connectivity index (χ3v) is 4.77. The fourth-order valence-electron chi connectivity index (χ4n) is 3.74. The number of aryl methyl sites for hydroxylation is 1. The lowest BCUT2D eigenvalue weighted by molar-refractivity contribution is -0.121. The molecule has 1 saturated carbocycles. The summed E-state index contributed by atoms with van der Waals surface area (Å²) in [5.41, 5.74) is 3.17. The van der Waals surface area contributed by atoms with Crippen LogP contribution in [0.5, 0.6) is 0 Å². The third-order valence-electron chi connectivity index (χ3n) is 4.77. The van der Waals surface area contributed by atoms with Gasteiger partial charge in [-0.1, -0.05) is 24.3 Å². The van der Waals surface area contributed by atoms with Crippen LogP contribution in [0.2, 0.25) is 0 Å². The van der Waals surface area contributed by atoms with Gasteiger partial charge < -0.3 is 0 Å². The van der Waals surface area contributed by atoms with Gasteiger partial charge in [-0.3, -0.25) is 4.79 Å². The Morgan fingerprint density at radius 1 is 1.00 bits per heavy atom. The smallest absolute Gasteiger partial charge is 0.132 e. The molecule has 0 aromatic heterocycles. The Bertz CT molecular complexity index is 425. The van der Waals surface area contributed by atoms with Crippen molar-refractivity contribution in [1.82, 2.24) is 0 Å². The van der Waals surface area contributed by atoms with Gasteiger partial charge in [0, 0.05) is 12.8 Å². The molecule has 2 aliphatic rings. The molecular weight excluding hydrogens is 220 g/mol. The number of hydrogen-bond donors (Lipinski definition) is 0. The zero-order valence-corrected chi connectivity index (χ0v) is 11.0. The summed E-state index contributed by atoms with van der Waals surface area (Å²) in [5.74, 6) is 2.03. The van der Waals surface area contributed by atoms with E-state index in [4.69, 9.17) is 0 Å². The van der Waals surface area contributed by atoms with Crippen LogP contribution in [0.15, 0.2) is 24.3 Å². The number of carbonyl (C=O) groups excluding carboxylic acids is 1. The second-order valence-electron chi connectivity index (χ2n) is 6.01. The summed E-state index contributed by atoms with van der Waals surface area (Å²) in [5, 5.41) is 0. The fourth-order valence-corrected chi connectivity index (χ4v) is 3.74. The molecule has 1 aromatic carbocycles. The van der Waals surface area contributed by atoms with Crippen molar-refractivity contribution in [3.63, 3.8) is 0 Å². The zero-order chi connectivity index (χ0) is 12.4. The summed E-state index contributed by atoms with van der Waals surface area (Å²) in [4.78, 5) is 11.3. The van der Waals surface area contributed by atoms with Gasteiger partial charge in [0.05, 0.1) is 0 Å². The first-order valence-corrected chi connectivity index (χ1v) is 7.42. The molecule has 1 heteroatoms. The van der Waals surface area contributed by atoms with Crippen molar-refractivity contribution >= 4 is 5.78 Å². The predicted octanol–water partition coefficient (Wildman–Crippen LogP) is 4.26. The van der Waals surface area contributed by atoms with E-state index in [-0.39, 0.29) is 0 Å². The number of carbonyl (C=O) groups is 1. The average Bonchev–Trinajstić information content (AvgIpc) is 2.42. The highest BCUT2D eigenvalue weighted by Gasteiger charge is 2.25. The molecule has 0 aliphatic heterocycles. The molecule has 2 aliphatic carbocycles.